The summed E-state index contributed by atoms with van der Waals surface area (Å²) in [6, 6.07) is 8.79. The number of hydrogen-bond acceptors (Lipinski definition) is 6. The highest BCUT2D eigenvalue weighted by Gasteiger charge is 2.47. The fraction of sp³-hybridized carbons (Fsp3) is 0.654. The Morgan fingerprint density at radius 1 is 1.00 bits per heavy atom. The number of benzene rings is 1. The monoisotopic (exact) mass is 486 g/mol. The predicted molar refractivity (Wildman–Crippen MR) is 130 cm³/mol. The Bertz CT molecular complexity index is 871. The molecular formula is C26H38N4O5. The number of carbonyl (C=O) groups is 3. The number of primary amides is 1. The molecule has 4 N–H and O–H groups in total. The van der Waals surface area contributed by atoms with Crippen molar-refractivity contribution in [2.75, 3.05) is 39.4 Å². The summed E-state index contributed by atoms with van der Waals surface area (Å²) in [5.74, 6) is -1.67. The maximum atomic E-state index is 13.1. The van der Waals surface area contributed by atoms with Crippen molar-refractivity contribution in [2.45, 2.75) is 63.2 Å². The molecule has 2 aliphatic heterocycles. The molecule has 0 aromatic heterocycles. The van der Waals surface area contributed by atoms with Crippen LogP contribution in [0.3, 0.4) is 0 Å². The summed E-state index contributed by atoms with van der Waals surface area (Å²) in [5.41, 5.74) is 5.35. The zero-order valence-corrected chi connectivity index (χ0v) is 20.4. The lowest BCUT2D eigenvalue weighted by atomic mass is 9.84. The SMILES string of the molecule is NC(=O)C1(C(=O)N[C@H](Cc2ccccc2)C(=O)NCCCN2CCC3(CC2)OCCO3)CCCC1. The highest BCUT2D eigenvalue weighted by molar-refractivity contribution is 6.05. The van der Waals surface area contributed by atoms with Crippen LogP contribution in [0.25, 0.3) is 0 Å². The van der Waals surface area contributed by atoms with Gasteiger partial charge in [0.25, 0.3) is 0 Å². The van der Waals surface area contributed by atoms with Crippen LogP contribution in [-0.4, -0.2) is 73.8 Å². The van der Waals surface area contributed by atoms with Crippen molar-refractivity contribution in [3.05, 3.63) is 35.9 Å². The Balaban J connectivity index is 1.29. The van der Waals surface area contributed by atoms with Crippen LogP contribution < -0.4 is 16.4 Å². The number of nitrogens with zero attached hydrogens (tertiary/aromatic N) is 1. The second-order valence-corrected chi connectivity index (χ2v) is 9.96. The lowest BCUT2D eigenvalue weighted by Gasteiger charge is -2.37. The van der Waals surface area contributed by atoms with Crippen molar-refractivity contribution >= 4 is 17.7 Å². The molecule has 1 aromatic carbocycles. The summed E-state index contributed by atoms with van der Waals surface area (Å²) < 4.78 is 11.6. The molecule has 0 bridgehead atoms. The van der Waals surface area contributed by atoms with Crippen molar-refractivity contribution in [3.63, 3.8) is 0 Å². The second kappa shape index (κ2) is 11.5. The molecule has 4 rings (SSSR count). The van der Waals surface area contributed by atoms with Crippen molar-refractivity contribution < 1.29 is 23.9 Å². The fourth-order valence-electron chi connectivity index (χ4n) is 5.46. The Morgan fingerprint density at radius 3 is 2.29 bits per heavy atom. The third-order valence-corrected chi connectivity index (χ3v) is 7.65. The van der Waals surface area contributed by atoms with Gasteiger partial charge in [0, 0.05) is 38.9 Å². The summed E-state index contributed by atoms with van der Waals surface area (Å²) in [4.78, 5) is 40.8. The Kier molecular flexibility index (Phi) is 8.41. The van der Waals surface area contributed by atoms with E-state index in [0.29, 0.717) is 39.0 Å². The number of nitrogens with two attached hydrogens (primary N) is 1. The zero-order chi connectivity index (χ0) is 24.7. The van der Waals surface area contributed by atoms with E-state index in [-0.39, 0.29) is 11.7 Å². The first-order chi connectivity index (χ1) is 16.9. The van der Waals surface area contributed by atoms with E-state index < -0.39 is 23.3 Å². The average molecular weight is 487 g/mol. The van der Waals surface area contributed by atoms with E-state index in [1.54, 1.807) is 0 Å². The first-order valence-corrected chi connectivity index (χ1v) is 12.9. The maximum Gasteiger partial charge on any atom is 0.242 e. The zero-order valence-electron chi connectivity index (χ0n) is 20.4. The van der Waals surface area contributed by atoms with Gasteiger partial charge in [0.1, 0.15) is 11.5 Å². The maximum absolute atomic E-state index is 13.1. The van der Waals surface area contributed by atoms with Gasteiger partial charge in [-0.15, -0.1) is 0 Å². The van der Waals surface area contributed by atoms with Gasteiger partial charge in [0.15, 0.2) is 5.79 Å². The van der Waals surface area contributed by atoms with Crippen LogP contribution in [0.5, 0.6) is 0 Å². The minimum atomic E-state index is -1.21. The lowest BCUT2D eigenvalue weighted by Crippen LogP contribution is -2.55. The van der Waals surface area contributed by atoms with Gasteiger partial charge < -0.3 is 30.7 Å². The highest BCUT2D eigenvalue weighted by Crippen LogP contribution is 2.38. The molecule has 2 saturated heterocycles. The van der Waals surface area contributed by atoms with E-state index in [4.69, 9.17) is 15.2 Å². The van der Waals surface area contributed by atoms with Gasteiger partial charge in [-0.25, -0.2) is 0 Å². The topological polar surface area (TPSA) is 123 Å². The summed E-state index contributed by atoms with van der Waals surface area (Å²) >= 11 is 0. The van der Waals surface area contributed by atoms with Crippen LogP contribution in [0.1, 0.15) is 50.5 Å². The van der Waals surface area contributed by atoms with Gasteiger partial charge >= 0.3 is 0 Å². The molecule has 1 aliphatic carbocycles. The lowest BCUT2D eigenvalue weighted by molar-refractivity contribution is -0.185. The first kappa shape index (κ1) is 25.6. The number of likely N-dealkylation sites (tertiary alicyclic amines) is 1. The first-order valence-electron chi connectivity index (χ1n) is 12.9. The standard InChI is InChI=1S/C26H38N4O5/c27-23(32)25(9-4-5-10-25)24(33)29-21(19-20-7-2-1-3-8-20)22(31)28-13-6-14-30-15-11-26(12-16-30)34-17-18-35-26/h1-3,7-8,21H,4-6,9-19H2,(H2,27,32)(H,28,31)(H,29,33)/t21-/m1/s1. The molecule has 35 heavy (non-hydrogen) atoms. The highest BCUT2D eigenvalue weighted by atomic mass is 16.7. The molecule has 3 amide bonds. The quantitative estimate of drug-likeness (QED) is 0.336. The molecule has 0 radical (unpaired) electrons. The van der Waals surface area contributed by atoms with Gasteiger partial charge in [-0.3, -0.25) is 14.4 Å². The molecule has 3 fully saturated rings. The van der Waals surface area contributed by atoms with Gasteiger partial charge in [-0.2, -0.15) is 0 Å². The Labute approximate surface area is 207 Å². The molecule has 3 aliphatic rings. The third kappa shape index (κ3) is 6.20. The van der Waals surface area contributed by atoms with Crippen LogP contribution in [0.2, 0.25) is 0 Å². The van der Waals surface area contributed by atoms with Crippen LogP contribution >= 0.6 is 0 Å². The third-order valence-electron chi connectivity index (χ3n) is 7.65. The second-order valence-electron chi connectivity index (χ2n) is 9.96. The van der Waals surface area contributed by atoms with Crippen molar-refractivity contribution in [3.8, 4) is 0 Å². The molecule has 2 heterocycles. The summed E-state index contributed by atoms with van der Waals surface area (Å²) in [6.45, 7) is 4.55. The average Bonchev–Trinajstić information content (AvgIpc) is 3.54. The molecule has 9 heteroatoms. The van der Waals surface area contributed by atoms with Gasteiger partial charge in [-0.1, -0.05) is 43.2 Å². The van der Waals surface area contributed by atoms with Crippen LogP contribution in [0.4, 0.5) is 0 Å². The summed E-state index contributed by atoms with van der Waals surface area (Å²) in [6.07, 6.45) is 5.31. The number of ether oxygens (including phenoxy) is 2. The van der Waals surface area contributed by atoms with Crippen LogP contribution in [-0.2, 0) is 30.3 Å². The molecule has 192 valence electrons. The van der Waals surface area contributed by atoms with Crippen molar-refractivity contribution in [2.24, 2.45) is 11.1 Å². The van der Waals surface area contributed by atoms with Crippen molar-refractivity contribution in [1.82, 2.24) is 15.5 Å². The van der Waals surface area contributed by atoms with Gasteiger partial charge in [0.05, 0.1) is 13.2 Å². The van der Waals surface area contributed by atoms with E-state index in [2.05, 4.69) is 15.5 Å². The fourth-order valence-corrected chi connectivity index (χ4v) is 5.46. The predicted octanol–water partition coefficient (Wildman–Crippen LogP) is 1.10. The normalized spacial score (nSPS) is 22.1. The van der Waals surface area contributed by atoms with Crippen LogP contribution in [0, 0.1) is 5.41 Å². The van der Waals surface area contributed by atoms with E-state index in [9.17, 15) is 14.4 Å². The van der Waals surface area contributed by atoms with Crippen LogP contribution in [0.15, 0.2) is 30.3 Å². The largest absolute Gasteiger partial charge is 0.369 e. The van der Waals surface area contributed by atoms with Gasteiger partial charge in [-0.05, 0) is 31.4 Å². The summed E-state index contributed by atoms with van der Waals surface area (Å²) in [7, 11) is 0. The molecule has 1 aromatic rings. The number of hydrogen-bond donors (Lipinski definition) is 3. The number of rotatable bonds is 10. The Hall–Kier alpha value is -2.49. The Morgan fingerprint density at radius 2 is 1.66 bits per heavy atom. The molecule has 1 spiro atoms. The number of piperidine rings is 1. The number of carbonyl (C=O) groups excluding carboxylic acids is 3. The van der Waals surface area contributed by atoms with E-state index in [1.807, 2.05) is 30.3 Å². The van der Waals surface area contributed by atoms with Crippen molar-refractivity contribution in [1.29, 1.82) is 0 Å². The summed E-state index contributed by atoms with van der Waals surface area (Å²) in [5, 5.41) is 5.84. The smallest absolute Gasteiger partial charge is 0.242 e. The van der Waals surface area contributed by atoms with E-state index in [0.717, 1.165) is 57.3 Å². The molecular weight excluding hydrogens is 448 g/mol. The minimum Gasteiger partial charge on any atom is -0.369 e. The number of nitrogens with one attached hydrogen (secondary N) is 2. The molecule has 9 nitrogen and oxygen atoms in total. The minimum absolute atomic E-state index is 0.245. The number of amides is 3. The van der Waals surface area contributed by atoms with Gasteiger partial charge in [0.2, 0.25) is 17.7 Å². The van der Waals surface area contributed by atoms with E-state index in [1.165, 1.54) is 0 Å². The molecule has 1 atom stereocenters. The van der Waals surface area contributed by atoms with E-state index >= 15 is 0 Å². The molecule has 0 unspecified atom stereocenters. The molecule has 1 saturated carbocycles.